The molecule has 122 valence electrons. The molecule has 23 heavy (non-hydrogen) atoms. The first-order valence-electron chi connectivity index (χ1n) is 7.62. The first-order valence-corrected chi connectivity index (χ1v) is 7.62. The molecule has 6 nitrogen and oxygen atoms in total. The van der Waals surface area contributed by atoms with Crippen molar-refractivity contribution in [3.63, 3.8) is 0 Å². The van der Waals surface area contributed by atoms with Crippen LogP contribution in [0.3, 0.4) is 0 Å². The van der Waals surface area contributed by atoms with E-state index in [1.165, 1.54) is 0 Å². The van der Waals surface area contributed by atoms with E-state index >= 15 is 0 Å². The number of rotatable bonds is 8. The van der Waals surface area contributed by atoms with E-state index in [4.69, 9.17) is 0 Å². The van der Waals surface area contributed by atoms with Crippen LogP contribution >= 0.6 is 0 Å². The lowest BCUT2D eigenvalue weighted by molar-refractivity contribution is -0.139. The van der Waals surface area contributed by atoms with Crippen LogP contribution in [0, 0.1) is 0 Å². The number of anilines is 1. The van der Waals surface area contributed by atoms with E-state index in [2.05, 4.69) is 20.6 Å². The van der Waals surface area contributed by atoms with E-state index < -0.39 is 12.0 Å². The average Bonchev–Trinajstić information content (AvgIpc) is 2.53. The highest BCUT2D eigenvalue weighted by molar-refractivity contribution is 5.73. The molecule has 0 amide bonds. The third-order valence-corrected chi connectivity index (χ3v) is 3.26. The van der Waals surface area contributed by atoms with Gasteiger partial charge in [0.05, 0.1) is 0 Å². The van der Waals surface area contributed by atoms with Crippen molar-refractivity contribution in [3.8, 4) is 0 Å². The fourth-order valence-corrected chi connectivity index (χ4v) is 2.12. The summed E-state index contributed by atoms with van der Waals surface area (Å²) in [6, 6.07) is 9.19. The van der Waals surface area contributed by atoms with Crippen molar-refractivity contribution >= 4 is 11.9 Å². The van der Waals surface area contributed by atoms with Crippen LogP contribution in [0.5, 0.6) is 0 Å². The van der Waals surface area contributed by atoms with Crippen LogP contribution in [0.25, 0.3) is 0 Å². The predicted molar refractivity (Wildman–Crippen MR) is 89.2 cm³/mol. The number of carbonyl (C=O) groups is 1. The molecule has 0 radical (unpaired) electrons. The molecule has 0 aliphatic heterocycles. The molecule has 2 rings (SSSR count). The Balaban J connectivity index is 1.92. The van der Waals surface area contributed by atoms with Gasteiger partial charge in [-0.15, -0.1) is 0 Å². The Morgan fingerprint density at radius 1 is 1.13 bits per heavy atom. The second-order valence-corrected chi connectivity index (χ2v) is 5.68. The lowest BCUT2D eigenvalue weighted by Gasteiger charge is -2.14. The number of benzene rings is 1. The van der Waals surface area contributed by atoms with Gasteiger partial charge in [0.15, 0.2) is 0 Å². The SMILES string of the molecule is CC(C)Nc1ncc(CN[C@@H](Cc2ccccc2)C(=O)O)cn1. The monoisotopic (exact) mass is 314 g/mol. The van der Waals surface area contributed by atoms with Crippen LogP contribution in [-0.2, 0) is 17.8 Å². The van der Waals surface area contributed by atoms with Crippen molar-refractivity contribution in [2.24, 2.45) is 0 Å². The molecule has 0 fully saturated rings. The molecule has 1 aromatic heterocycles. The molecule has 0 aliphatic carbocycles. The molecule has 0 unspecified atom stereocenters. The minimum absolute atomic E-state index is 0.265. The van der Waals surface area contributed by atoms with Gasteiger partial charge in [0.2, 0.25) is 5.95 Å². The maximum absolute atomic E-state index is 11.4. The first-order chi connectivity index (χ1) is 11.0. The molecule has 1 heterocycles. The fraction of sp³-hybridized carbons (Fsp3) is 0.353. The van der Waals surface area contributed by atoms with E-state index in [0.29, 0.717) is 18.9 Å². The van der Waals surface area contributed by atoms with Gasteiger partial charge in [-0.2, -0.15) is 0 Å². The Kier molecular flexibility index (Phi) is 6.05. The van der Waals surface area contributed by atoms with Crippen LogP contribution in [0.2, 0.25) is 0 Å². The second kappa shape index (κ2) is 8.24. The minimum atomic E-state index is -0.868. The Hall–Kier alpha value is -2.47. The second-order valence-electron chi connectivity index (χ2n) is 5.68. The van der Waals surface area contributed by atoms with E-state index in [1.54, 1.807) is 12.4 Å². The van der Waals surface area contributed by atoms with Gasteiger partial charge in [-0.3, -0.25) is 10.1 Å². The van der Waals surface area contributed by atoms with Gasteiger partial charge in [-0.1, -0.05) is 30.3 Å². The van der Waals surface area contributed by atoms with Crippen LogP contribution in [0.15, 0.2) is 42.7 Å². The molecule has 0 saturated heterocycles. The third kappa shape index (κ3) is 5.67. The fourth-order valence-electron chi connectivity index (χ4n) is 2.12. The number of nitrogens with zero attached hydrogens (tertiary/aromatic N) is 2. The Labute approximate surface area is 136 Å². The number of hydrogen-bond donors (Lipinski definition) is 3. The van der Waals surface area contributed by atoms with Gasteiger partial charge in [-0.05, 0) is 25.8 Å². The standard InChI is InChI=1S/C17H22N4O2/c1-12(2)21-17-19-10-14(11-20-17)9-18-15(16(22)23)8-13-6-4-3-5-7-13/h3-7,10-12,15,18H,8-9H2,1-2H3,(H,22,23)(H,19,20,21)/t15-/m0/s1. The average molecular weight is 314 g/mol. The van der Waals surface area contributed by atoms with Gasteiger partial charge in [0, 0.05) is 30.5 Å². The number of aliphatic carboxylic acids is 1. The Morgan fingerprint density at radius 3 is 2.35 bits per heavy atom. The van der Waals surface area contributed by atoms with Crippen molar-refractivity contribution in [1.29, 1.82) is 0 Å². The normalized spacial score (nSPS) is 12.1. The molecule has 1 atom stereocenters. The summed E-state index contributed by atoms with van der Waals surface area (Å²) in [5, 5.41) is 15.5. The number of carboxylic acid groups (broad SMARTS) is 1. The molecule has 1 aromatic carbocycles. The van der Waals surface area contributed by atoms with Gasteiger partial charge < -0.3 is 10.4 Å². The zero-order valence-corrected chi connectivity index (χ0v) is 13.4. The summed E-state index contributed by atoms with van der Waals surface area (Å²) in [6.45, 7) is 4.44. The van der Waals surface area contributed by atoms with E-state index in [9.17, 15) is 9.90 Å². The summed E-state index contributed by atoms with van der Waals surface area (Å²) in [4.78, 5) is 19.8. The summed E-state index contributed by atoms with van der Waals surface area (Å²) >= 11 is 0. The third-order valence-electron chi connectivity index (χ3n) is 3.26. The highest BCUT2D eigenvalue weighted by Crippen LogP contribution is 2.06. The smallest absolute Gasteiger partial charge is 0.321 e. The minimum Gasteiger partial charge on any atom is -0.480 e. The quantitative estimate of drug-likeness (QED) is 0.691. The summed E-state index contributed by atoms with van der Waals surface area (Å²) in [7, 11) is 0. The maximum atomic E-state index is 11.4. The molecule has 2 aromatic rings. The molecular formula is C17H22N4O2. The summed E-state index contributed by atoms with van der Waals surface area (Å²) in [5.41, 5.74) is 1.83. The lowest BCUT2D eigenvalue weighted by Crippen LogP contribution is -2.38. The van der Waals surface area contributed by atoms with Gasteiger partial charge in [-0.25, -0.2) is 9.97 Å². The molecular weight excluding hydrogens is 292 g/mol. The lowest BCUT2D eigenvalue weighted by atomic mass is 10.1. The van der Waals surface area contributed by atoms with Crippen molar-refractivity contribution in [3.05, 3.63) is 53.9 Å². The zero-order valence-electron chi connectivity index (χ0n) is 13.4. The molecule has 0 bridgehead atoms. The molecule has 0 spiro atoms. The van der Waals surface area contributed by atoms with Crippen molar-refractivity contribution in [2.75, 3.05) is 5.32 Å². The van der Waals surface area contributed by atoms with Gasteiger partial charge >= 0.3 is 5.97 Å². The van der Waals surface area contributed by atoms with Crippen LogP contribution < -0.4 is 10.6 Å². The largest absolute Gasteiger partial charge is 0.480 e. The maximum Gasteiger partial charge on any atom is 0.321 e. The van der Waals surface area contributed by atoms with Crippen molar-refractivity contribution in [1.82, 2.24) is 15.3 Å². The van der Waals surface area contributed by atoms with Crippen LogP contribution in [0.4, 0.5) is 5.95 Å². The molecule has 3 N–H and O–H groups in total. The number of carboxylic acids is 1. The summed E-state index contributed by atoms with van der Waals surface area (Å²) < 4.78 is 0. The zero-order chi connectivity index (χ0) is 16.7. The molecule has 6 heteroatoms. The topological polar surface area (TPSA) is 87.1 Å². The van der Waals surface area contributed by atoms with Crippen molar-refractivity contribution in [2.45, 2.75) is 38.9 Å². The predicted octanol–water partition coefficient (Wildman–Crippen LogP) is 2.08. The van der Waals surface area contributed by atoms with E-state index in [-0.39, 0.29) is 6.04 Å². The molecule has 0 aliphatic rings. The van der Waals surface area contributed by atoms with Crippen molar-refractivity contribution < 1.29 is 9.90 Å². The van der Waals surface area contributed by atoms with E-state index in [1.807, 2.05) is 44.2 Å². The van der Waals surface area contributed by atoms with E-state index in [0.717, 1.165) is 11.1 Å². The van der Waals surface area contributed by atoms with Crippen LogP contribution in [-0.4, -0.2) is 33.1 Å². The summed E-state index contributed by atoms with van der Waals surface area (Å²) in [5.74, 6) is -0.296. The number of nitrogens with one attached hydrogen (secondary N) is 2. The number of hydrogen-bond acceptors (Lipinski definition) is 5. The Morgan fingerprint density at radius 2 is 1.78 bits per heavy atom. The first kappa shape index (κ1) is 16.9. The summed E-state index contributed by atoms with van der Waals surface area (Å²) in [6.07, 6.45) is 3.84. The molecule has 0 saturated carbocycles. The number of aromatic nitrogens is 2. The van der Waals surface area contributed by atoms with Gasteiger partial charge in [0.1, 0.15) is 6.04 Å². The highest BCUT2D eigenvalue weighted by atomic mass is 16.4. The Bertz CT molecular complexity index is 614. The highest BCUT2D eigenvalue weighted by Gasteiger charge is 2.17. The van der Waals surface area contributed by atoms with Crippen LogP contribution in [0.1, 0.15) is 25.0 Å². The van der Waals surface area contributed by atoms with Gasteiger partial charge in [0.25, 0.3) is 0 Å².